The maximum Gasteiger partial charge on any atom is 0.265 e. The summed E-state index contributed by atoms with van der Waals surface area (Å²) >= 11 is 5.12. The Kier molecular flexibility index (Phi) is 3.41. The summed E-state index contributed by atoms with van der Waals surface area (Å²) in [5.41, 5.74) is 3.71. The van der Waals surface area contributed by atoms with Gasteiger partial charge in [-0.3, -0.25) is 9.69 Å². The highest BCUT2D eigenvalue weighted by Gasteiger charge is 2.32. The summed E-state index contributed by atoms with van der Waals surface area (Å²) in [6.45, 7) is 0.182. The van der Waals surface area contributed by atoms with Crippen molar-refractivity contribution in [3.63, 3.8) is 0 Å². The molecule has 0 radical (unpaired) electrons. The Balaban J connectivity index is 1.54. The van der Waals surface area contributed by atoms with E-state index in [2.05, 4.69) is 15.0 Å². The number of hydrogen-bond donors (Lipinski definition) is 2. The zero-order valence-corrected chi connectivity index (χ0v) is 15.1. The molecule has 1 aromatic heterocycles. The van der Waals surface area contributed by atoms with Crippen LogP contribution in [0.5, 0.6) is 11.5 Å². The number of aromatic nitrogens is 2. The van der Waals surface area contributed by atoms with Crippen molar-refractivity contribution in [1.82, 2.24) is 9.97 Å². The van der Waals surface area contributed by atoms with E-state index in [0.717, 1.165) is 22.3 Å². The van der Waals surface area contributed by atoms with Gasteiger partial charge < -0.3 is 19.4 Å². The van der Waals surface area contributed by atoms with Crippen molar-refractivity contribution in [2.24, 2.45) is 4.99 Å². The highest BCUT2D eigenvalue weighted by molar-refractivity contribution is 7.71. The molecule has 0 saturated heterocycles. The van der Waals surface area contributed by atoms with Crippen LogP contribution in [0.2, 0.25) is 0 Å². The molecule has 5 rings (SSSR count). The van der Waals surface area contributed by atoms with Gasteiger partial charge in [-0.2, -0.15) is 0 Å². The zero-order valence-electron chi connectivity index (χ0n) is 14.3. The molecule has 0 fully saturated rings. The van der Waals surface area contributed by atoms with E-state index < -0.39 is 0 Å². The Bertz CT molecular complexity index is 1220. The molecule has 134 valence electrons. The molecule has 0 aliphatic carbocycles. The number of anilines is 1. The van der Waals surface area contributed by atoms with E-state index >= 15 is 0 Å². The fourth-order valence-electron chi connectivity index (χ4n) is 3.23. The lowest BCUT2D eigenvalue weighted by Crippen LogP contribution is -2.41. The van der Waals surface area contributed by atoms with Gasteiger partial charge in [-0.15, -0.1) is 0 Å². The number of carbonyl (C=O) groups is 1. The van der Waals surface area contributed by atoms with Crippen LogP contribution in [0.4, 0.5) is 5.69 Å². The van der Waals surface area contributed by atoms with Gasteiger partial charge >= 0.3 is 0 Å². The average molecular weight is 378 g/mol. The minimum Gasteiger partial charge on any atom is -0.497 e. The van der Waals surface area contributed by atoms with Crippen molar-refractivity contribution in [3.05, 3.63) is 52.3 Å². The van der Waals surface area contributed by atoms with Crippen LogP contribution >= 0.6 is 12.2 Å². The number of ether oxygens (including phenoxy) is 2. The average Bonchev–Trinajstić information content (AvgIpc) is 3.06. The van der Waals surface area contributed by atoms with Crippen molar-refractivity contribution in [3.8, 4) is 11.5 Å². The maximum atomic E-state index is 13.1. The number of aromatic amines is 2. The van der Waals surface area contributed by atoms with Gasteiger partial charge in [0.15, 0.2) is 4.77 Å². The molecule has 1 amide bonds. The number of fused-ring (bicyclic) bond motifs is 3. The number of rotatable bonds is 2. The Morgan fingerprint density at radius 1 is 1.19 bits per heavy atom. The molecule has 0 saturated carbocycles. The van der Waals surface area contributed by atoms with Crippen molar-refractivity contribution in [2.75, 3.05) is 18.7 Å². The van der Waals surface area contributed by atoms with E-state index in [1.807, 2.05) is 30.3 Å². The molecule has 0 atom stereocenters. The molecule has 27 heavy (non-hydrogen) atoms. The van der Waals surface area contributed by atoms with E-state index in [1.165, 1.54) is 0 Å². The van der Waals surface area contributed by atoms with E-state index in [9.17, 15) is 4.79 Å². The number of H-pyrrole nitrogens is 2. The van der Waals surface area contributed by atoms with Crippen molar-refractivity contribution >= 4 is 46.8 Å². The van der Waals surface area contributed by atoms with Gasteiger partial charge in [-0.1, -0.05) is 0 Å². The highest BCUT2D eigenvalue weighted by Crippen LogP contribution is 2.34. The quantitative estimate of drug-likeness (QED) is 0.670. The van der Waals surface area contributed by atoms with Gasteiger partial charge in [-0.25, -0.2) is 4.99 Å². The summed E-state index contributed by atoms with van der Waals surface area (Å²) in [5, 5.41) is 0. The summed E-state index contributed by atoms with van der Waals surface area (Å²) in [6, 6.07) is 11.1. The summed E-state index contributed by atoms with van der Waals surface area (Å²) in [4.78, 5) is 25.2. The second-order valence-electron chi connectivity index (χ2n) is 6.21. The SMILES string of the molecule is COc1ccc2c(c1)OC1=NCN(c3ccc4[nH]c(=S)[nH]c4c3)C(=O)C1=C2. The monoisotopic (exact) mass is 378 g/mol. The molecule has 7 nitrogen and oxygen atoms in total. The molecule has 2 aromatic carbocycles. The molecule has 0 bridgehead atoms. The molecule has 2 aliphatic rings. The minimum atomic E-state index is -0.157. The normalized spacial score (nSPS) is 15.6. The number of imidazole rings is 1. The number of benzene rings is 2. The number of aliphatic imine (C=N–C) groups is 1. The van der Waals surface area contributed by atoms with Crippen LogP contribution in [0, 0.1) is 4.77 Å². The zero-order chi connectivity index (χ0) is 18.5. The second kappa shape index (κ2) is 5.82. The maximum absolute atomic E-state index is 13.1. The van der Waals surface area contributed by atoms with Crippen LogP contribution in [-0.4, -0.2) is 35.6 Å². The number of amides is 1. The standard InChI is InChI=1S/C19H14N4O3S/c1-25-12-4-2-10-6-13-17(26-16(10)8-12)20-9-23(18(13)24)11-3-5-14-15(7-11)22-19(27)21-14/h2-8H,9H2,1H3,(H2,21,22,27). The number of methoxy groups -OCH3 is 1. The first-order valence-electron chi connectivity index (χ1n) is 8.29. The van der Waals surface area contributed by atoms with Crippen LogP contribution in [0.1, 0.15) is 5.56 Å². The van der Waals surface area contributed by atoms with Crippen LogP contribution in [0.25, 0.3) is 17.1 Å². The molecule has 3 heterocycles. The summed E-state index contributed by atoms with van der Waals surface area (Å²) in [5.74, 6) is 1.49. The predicted molar refractivity (Wildman–Crippen MR) is 105 cm³/mol. The Morgan fingerprint density at radius 3 is 2.89 bits per heavy atom. The molecule has 2 aliphatic heterocycles. The van der Waals surface area contributed by atoms with Gasteiger partial charge in [0.1, 0.15) is 23.7 Å². The topological polar surface area (TPSA) is 82.7 Å². The lowest BCUT2D eigenvalue weighted by atomic mass is 10.0. The lowest BCUT2D eigenvalue weighted by Gasteiger charge is -2.29. The smallest absolute Gasteiger partial charge is 0.265 e. The fraction of sp³-hybridized carbons (Fsp3) is 0.105. The summed E-state index contributed by atoms with van der Waals surface area (Å²) < 4.78 is 11.6. The van der Waals surface area contributed by atoms with E-state index in [0.29, 0.717) is 27.7 Å². The summed E-state index contributed by atoms with van der Waals surface area (Å²) in [6.07, 6.45) is 1.80. The van der Waals surface area contributed by atoms with E-state index in [4.69, 9.17) is 21.7 Å². The fourth-order valence-corrected chi connectivity index (χ4v) is 3.45. The van der Waals surface area contributed by atoms with Gasteiger partial charge in [0.05, 0.1) is 18.1 Å². The van der Waals surface area contributed by atoms with Gasteiger partial charge in [0, 0.05) is 17.3 Å². The first-order valence-corrected chi connectivity index (χ1v) is 8.69. The van der Waals surface area contributed by atoms with Crippen molar-refractivity contribution in [2.45, 2.75) is 0 Å². The highest BCUT2D eigenvalue weighted by atomic mass is 32.1. The molecule has 8 heteroatoms. The van der Waals surface area contributed by atoms with Crippen LogP contribution in [0.15, 0.2) is 47.0 Å². The molecular formula is C19H14N4O3S. The minimum absolute atomic E-state index is 0.157. The molecule has 2 N–H and O–H groups in total. The van der Waals surface area contributed by atoms with Gasteiger partial charge in [-0.05, 0) is 48.6 Å². The number of hydrogen-bond acceptors (Lipinski definition) is 5. The largest absolute Gasteiger partial charge is 0.497 e. The molecule has 0 unspecified atom stereocenters. The summed E-state index contributed by atoms with van der Waals surface area (Å²) in [7, 11) is 1.60. The van der Waals surface area contributed by atoms with Gasteiger partial charge in [0.25, 0.3) is 5.91 Å². The molecule has 3 aromatic rings. The Morgan fingerprint density at radius 2 is 2.04 bits per heavy atom. The third-order valence-corrected chi connectivity index (χ3v) is 4.80. The first-order chi connectivity index (χ1) is 13.1. The third-order valence-electron chi connectivity index (χ3n) is 4.60. The van der Waals surface area contributed by atoms with Crippen LogP contribution in [-0.2, 0) is 4.79 Å². The van der Waals surface area contributed by atoms with Gasteiger partial charge in [0.2, 0.25) is 5.90 Å². The Labute approximate surface area is 158 Å². The number of nitrogens with zero attached hydrogens (tertiary/aromatic N) is 2. The Hall–Kier alpha value is -3.39. The van der Waals surface area contributed by atoms with Crippen LogP contribution in [0.3, 0.4) is 0 Å². The van der Waals surface area contributed by atoms with Crippen molar-refractivity contribution < 1.29 is 14.3 Å². The van der Waals surface area contributed by atoms with E-state index in [1.54, 1.807) is 24.2 Å². The molecule has 0 spiro atoms. The van der Waals surface area contributed by atoms with Crippen LogP contribution < -0.4 is 14.4 Å². The second-order valence-corrected chi connectivity index (χ2v) is 6.62. The predicted octanol–water partition coefficient (Wildman–Crippen LogP) is 3.41. The number of carbonyl (C=O) groups excluding carboxylic acids is 1. The van der Waals surface area contributed by atoms with Crippen molar-refractivity contribution in [1.29, 1.82) is 0 Å². The number of nitrogens with one attached hydrogen (secondary N) is 2. The third kappa shape index (κ3) is 2.53. The van der Waals surface area contributed by atoms with E-state index in [-0.39, 0.29) is 12.6 Å². The lowest BCUT2D eigenvalue weighted by molar-refractivity contribution is -0.114. The first kappa shape index (κ1) is 15.8. The molecular weight excluding hydrogens is 364 g/mol.